The molecule has 3 aromatic rings. The van der Waals surface area contributed by atoms with Gasteiger partial charge in [-0.2, -0.15) is 5.26 Å². The molecule has 1 aromatic heterocycles. The van der Waals surface area contributed by atoms with Crippen molar-refractivity contribution in [2.45, 2.75) is 36.9 Å². The highest BCUT2D eigenvalue weighted by atomic mass is 35.5. The molecule has 3 N–H and O–H groups in total. The number of anilines is 2. The minimum atomic E-state index is -0.688. The second-order valence-electron chi connectivity index (χ2n) is 10.5. The normalized spacial score (nSPS) is 18.0. The summed E-state index contributed by atoms with van der Waals surface area (Å²) in [6.07, 6.45) is 0.851. The van der Waals surface area contributed by atoms with E-state index in [4.69, 9.17) is 33.7 Å². The quantitative estimate of drug-likeness (QED) is 0.276. The third-order valence-corrected chi connectivity index (χ3v) is 9.57. The van der Waals surface area contributed by atoms with Crippen molar-refractivity contribution in [3.05, 3.63) is 80.7 Å². The number of Topliss-reactive ketones (excluding diaryl/α,β-unsaturated/α-hetero) is 1. The number of halogens is 2. The van der Waals surface area contributed by atoms with E-state index in [1.165, 1.54) is 30.2 Å². The maximum atomic E-state index is 13.7. The molecule has 2 aromatic carbocycles. The van der Waals surface area contributed by atoms with E-state index in [2.05, 4.69) is 21.6 Å². The molecule has 0 spiro atoms. The van der Waals surface area contributed by atoms with Gasteiger partial charge >= 0.3 is 0 Å². The van der Waals surface area contributed by atoms with Gasteiger partial charge in [-0.25, -0.2) is 0 Å². The van der Waals surface area contributed by atoms with Crippen molar-refractivity contribution in [1.82, 2.24) is 10.2 Å². The molecule has 216 valence electrons. The van der Waals surface area contributed by atoms with Crippen molar-refractivity contribution < 1.29 is 14.3 Å². The van der Waals surface area contributed by atoms with Gasteiger partial charge < -0.3 is 15.8 Å². The number of methoxy groups -OCH3 is 1. The second-order valence-corrected chi connectivity index (χ2v) is 13.6. The topological polar surface area (TPSA) is 134 Å². The molecule has 2 heterocycles. The number of aromatic nitrogens is 2. The fraction of sp³-hybridized carbons (Fsp3) is 0.276. The van der Waals surface area contributed by atoms with Gasteiger partial charge in [0.25, 0.3) is 0 Å². The molecule has 42 heavy (non-hydrogen) atoms. The number of nitrogens with one attached hydrogen (secondary N) is 1. The van der Waals surface area contributed by atoms with Crippen LogP contribution in [0, 0.1) is 16.7 Å². The van der Waals surface area contributed by atoms with E-state index in [1.54, 1.807) is 35.2 Å². The van der Waals surface area contributed by atoms with Crippen LogP contribution < -0.4 is 20.7 Å². The number of ether oxygens (including phenoxy) is 1. The largest absolute Gasteiger partial charge is 0.495 e. The lowest BCUT2D eigenvalue weighted by molar-refractivity contribution is -0.118. The van der Waals surface area contributed by atoms with Crippen LogP contribution >= 0.6 is 46.3 Å². The Hall–Kier alpha value is -3.56. The Morgan fingerprint density at radius 2 is 2.02 bits per heavy atom. The number of ketones is 1. The third-order valence-electron chi connectivity index (χ3n) is 6.95. The lowest BCUT2D eigenvalue weighted by atomic mass is 9.68. The van der Waals surface area contributed by atoms with Crippen molar-refractivity contribution in [3.63, 3.8) is 0 Å². The van der Waals surface area contributed by atoms with Crippen molar-refractivity contribution in [2.75, 3.05) is 23.1 Å². The van der Waals surface area contributed by atoms with Crippen molar-refractivity contribution >= 4 is 68.8 Å². The SMILES string of the molecule is COc1ccc(Cl)cc1NC(=O)CSc1nnc(N2C(N)=C(C#N)C(c3ccccc3Cl)C3=C2CC(C)(C)CC3=O)s1. The molecule has 0 bridgehead atoms. The van der Waals surface area contributed by atoms with Crippen LogP contribution in [0.15, 0.2) is 69.5 Å². The smallest absolute Gasteiger partial charge is 0.234 e. The zero-order valence-electron chi connectivity index (χ0n) is 22.9. The lowest BCUT2D eigenvalue weighted by Gasteiger charge is -2.42. The molecule has 1 aliphatic heterocycles. The summed E-state index contributed by atoms with van der Waals surface area (Å²) in [6, 6.07) is 14.4. The van der Waals surface area contributed by atoms with Gasteiger partial charge in [-0.1, -0.05) is 78.3 Å². The Morgan fingerprint density at radius 3 is 2.74 bits per heavy atom. The van der Waals surface area contributed by atoms with E-state index in [9.17, 15) is 14.9 Å². The molecule has 0 saturated carbocycles. The molecular weight excluding hydrogens is 615 g/mol. The average molecular weight is 642 g/mol. The number of carbonyl (C=O) groups is 2. The summed E-state index contributed by atoms with van der Waals surface area (Å²) < 4.78 is 5.80. The number of nitrogens with two attached hydrogens (primary N) is 1. The Balaban J connectivity index is 1.46. The number of allylic oxidation sites excluding steroid dienone is 3. The third kappa shape index (κ3) is 5.85. The molecule has 1 aliphatic carbocycles. The second kappa shape index (κ2) is 12.0. The monoisotopic (exact) mass is 640 g/mol. The van der Waals surface area contributed by atoms with E-state index in [1.807, 2.05) is 26.0 Å². The molecule has 13 heteroatoms. The highest BCUT2D eigenvalue weighted by Gasteiger charge is 2.45. The van der Waals surface area contributed by atoms with Crippen LogP contribution in [0.3, 0.4) is 0 Å². The number of nitrogens with zero attached hydrogens (tertiary/aromatic N) is 4. The number of nitriles is 1. The predicted molar refractivity (Wildman–Crippen MR) is 166 cm³/mol. The fourth-order valence-electron chi connectivity index (χ4n) is 5.19. The Morgan fingerprint density at radius 1 is 1.26 bits per heavy atom. The van der Waals surface area contributed by atoms with Gasteiger partial charge in [0.05, 0.1) is 36.1 Å². The van der Waals surface area contributed by atoms with E-state index in [0.29, 0.717) is 60.6 Å². The summed E-state index contributed by atoms with van der Waals surface area (Å²) in [5, 5.41) is 23.0. The highest BCUT2D eigenvalue weighted by Crippen LogP contribution is 2.51. The highest BCUT2D eigenvalue weighted by molar-refractivity contribution is 8.01. The van der Waals surface area contributed by atoms with E-state index >= 15 is 0 Å². The van der Waals surface area contributed by atoms with Crippen LogP contribution in [-0.2, 0) is 9.59 Å². The van der Waals surface area contributed by atoms with Gasteiger partial charge in [-0.05, 0) is 41.7 Å². The van der Waals surface area contributed by atoms with E-state index in [-0.39, 0.29) is 34.3 Å². The summed E-state index contributed by atoms with van der Waals surface area (Å²) >= 11 is 15.0. The molecule has 2 aliphatic rings. The molecular formula is C29H26Cl2N6O3S2. The van der Waals surface area contributed by atoms with Crippen LogP contribution in [0.5, 0.6) is 5.75 Å². The number of carbonyl (C=O) groups excluding carboxylic acids is 2. The Kier molecular flexibility index (Phi) is 8.53. The van der Waals surface area contributed by atoms with E-state index in [0.717, 1.165) is 0 Å². The van der Waals surface area contributed by atoms with Crippen LogP contribution in [0.4, 0.5) is 10.8 Å². The van der Waals surface area contributed by atoms with Gasteiger partial charge in [0.1, 0.15) is 11.6 Å². The average Bonchev–Trinajstić information content (AvgIpc) is 3.39. The van der Waals surface area contributed by atoms with Gasteiger partial charge in [-0.15, -0.1) is 10.2 Å². The maximum Gasteiger partial charge on any atom is 0.234 e. The first-order chi connectivity index (χ1) is 20.0. The van der Waals surface area contributed by atoms with Crippen LogP contribution in [-0.4, -0.2) is 34.8 Å². The van der Waals surface area contributed by atoms with Crippen LogP contribution in [0.2, 0.25) is 10.0 Å². The molecule has 1 unspecified atom stereocenters. The first-order valence-corrected chi connectivity index (χ1v) is 15.4. The van der Waals surface area contributed by atoms with Crippen molar-refractivity contribution in [3.8, 4) is 11.8 Å². The van der Waals surface area contributed by atoms with Gasteiger partial charge in [0.15, 0.2) is 10.1 Å². The van der Waals surface area contributed by atoms with Crippen LogP contribution in [0.1, 0.15) is 38.2 Å². The fourth-order valence-corrected chi connectivity index (χ4v) is 7.29. The number of amides is 1. The first kappa shape index (κ1) is 29.9. The van der Waals surface area contributed by atoms with Gasteiger partial charge in [-0.3, -0.25) is 14.5 Å². The summed E-state index contributed by atoms with van der Waals surface area (Å²) in [6.45, 7) is 4.04. The van der Waals surface area contributed by atoms with Gasteiger partial charge in [0, 0.05) is 27.7 Å². The molecule has 9 nitrogen and oxygen atoms in total. The molecule has 1 amide bonds. The molecule has 0 saturated heterocycles. The van der Waals surface area contributed by atoms with Crippen LogP contribution in [0.25, 0.3) is 0 Å². The lowest BCUT2D eigenvalue weighted by Crippen LogP contribution is -2.42. The van der Waals surface area contributed by atoms with Crippen molar-refractivity contribution in [1.29, 1.82) is 5.26 Å². The Bertz CT molecular complexity index is 1690. The standard InChI is InChI=1S/C29H26Cl2N6O3S2/c1-29(2)11-20-25(21(38)12-29)24(16-6-4-5-7-18(16)31)17(13-32)26(33)37(20)27-35-36-28(42-27)41-14-23(39)34-19-10-15(30)8-9-22(19)40-3/h4-10,24H,11-12,14,33H2,1-3H3,(H,34,39). The zero-order chi connectivity index (χ0) is 30.2. The number of benzene rings is 2. The molecule has 0 radical (unpaired) electrons. The number of hydrogen-bond donors (Lipinski definition) is 2. The minimum absolute atomic E-state index is 0.0487. The maximum absolute atomic E-state index is 13.7. The molecule has 0 fully saturated rings. The zero-order valence-corrected chi connectivity index (χ0v) is 26.0. The molecule has 5 rings (SSSR count). The minimum Gasteiger partial charge on any atom is -0.495 e. The number of rotatable bonds is 7. The predicted octanol–water partition coefficient (Wildman–Crippen LogP) is 6.53. The number of hydrogen-bond acceptors (Lipinski definition) is 10. The summed E-state index contributed by atoms with van der Waals surface area (Å²) in [4.78, 5) is 28.0. The van der Waals surface area contributed by atoms with E-state index < -0.39 is 5.92 Å². The summed E-state index contributed by atoms with van der Waals surface area (Å²) in [5.74, 6) is -0.330. The van der Waals surface area contributed by atoms with Gasteiger partial charge in [0.2, 0.25) is 11.0 Å². The number of thioether (sulfide) groups is 1. The first-order valence-electron chi connectivity index (χ1n) is 12.8. The Labute approximate surface area is 261 Å². The molecule has 1 atom stereocenters. The summed E-state index contributed by atoms with van der Waals surface area (Å²) in [5.41, 5.74) is 8.83. The summed E-state index contributed by atoms with van der Waals surface area (Å²) in [7, 11) is 1.51. The van der Waals surface area contributed by atoms with Crippen molar-refractivity contribution in [2.24, 2.45) is 11.1 Å².